The van der Waals surface area contributed by atoms with Crippen molar-refractivity contribution in [3.05, 3.63) is 48.3 Å². The summed E-state index contributed by atoms with van der Waals surface area (Å²) in [5.41, 5.74) is 1.68. The fourth-order valence-corrected chi connectivity index (χ4v) is 1.81. The van der Waals surface area contributed by atoms with Gasteiger partial charge in [0.15, 0.2) is 0 Å². The quantitative estimate of drug-likeness (QED) is 0.724. The van der Waals surface area contributed by atoms with E-state index in [0.717, 1.165) is 10.9 Å². The lowest BCUT2D eigenvalue weighted by Gasteiger charge is -1.99. The third-order valence-corrected chi connectivity index (χ3v) is 2.65. The molecule has 0 bridgehead atoms. The highest BCUT2D eigenvalue weighted by atomic mass is 16.4. The van der Waals surface area contributed by atoms with E-state index in [-0.39, 0.29) is 11.8 Å². The number of oxazole rings is 1. The zero-order chi connectivity index (χ0) is 12.5. The number of aromatic amines is 1. The second-order valence-corrected chi connectivity index (χ2v) is 3.98. The maximum absolute atomic E-state index is 11.9. The summed E-state index contributed by atoms with van der Waals surface area (Å²) in [5, 5.41) is 3.72. The number of carbonyl (C=O) groups is 1. The molecular formula is C13H11N3O2. The fraction of sp³-hybridized carbons (Fsp3) is 0.0769. The van der Waals surface area contributed by atoms with Gasteiger partial charge in [-0.2, -0.15) is 0 Å². The van der Waals surface area contributed by atoms with Gasteiger partial charge < -0.3 is 14.7 Å². The number of hydrogen-bond acceptors (Lipinski definition) is 3. The maximum atomic E-state index is 11.9. The van der Waals surface area contributed by atoms with E-state index in [4.69, 9.17) is 4.42 Å². The van der Waals surface area contributed by atoms with Crippen LogP contribution in [0.2, 0.25) is 0 Å². The van der Waals surface area contributed by atoms with Crippen LogP contribution in [0.4, 0.5) is 5.69 Å². The van der Waals surface area contributed by atoms with Crippen molar-refractivity contribution in [1.29, 1.82) is 0 Å². The molecule has 0 aliphatic heterocycles. The minimum atomic E-state index is -0.354. The monoisotopic (exact) mass is 241 g/mol. The SMILES string of the molecule is Cc1cnc(C(=O)Nc2c[nH]c3ccccc23)o1. The van der Waals surface area contributed by atoms with Crippen LogP contribution in [0.5, 0.6) is 0 Å². The molecule has 0 fully saturated rings. The van der Waals surface area contributed by atoms with Crippen LogP contribution in [-0.4, -0.2) is 15.9 Å². The molecule has 3 aromatic rings. The molecule has 0 atom stereocenters. The van der Waals surface area contributed by atoms with E-state index in [9.17, 15) is 4.79 Å². The Morgan fingerprint density at radius 2 is 2.22 bits per heavy atom. The Balaban J connectivity index is 1.90. The van der Waals surface area contributed by atoms with Gasteiger partial charge in [-0.25, -0.2) is 4.98 Å². The Morgan fingerprint density at radius 1 is 1.39 bits per heavy atom. The van der Waals surface area contributed by atoms with E-state index >= 15 is 0 Å². The van der Waals surface area contributed by atoms with Crippen LogP contribution in [-0.2, 0) is 0 Å². The summed E-state index contributed by atoms with van der Waals surface area (Å²) in [5.74, 6) is 0.324. The Hall–Kier alpha value is -2.56. The van der Waals surface area contributed by atoms with Crippen LogP contribution in [0.25, 0.3) is 10.9 Å². The molecule has 1 aromatic carbocycles. The number of para-hydroxylation sites is 1. The molecule has 2 heterocycles. The molecule has 0 aliphatic rings. The van der Waals surface area contributed by atoms with Crippen molar-refractivity contribution in [3.8, 4) is 0 Å². The fourth-order valence-electron chi connectivity index (χ4n) is 1.81. The highest BCUT2D eigenvalue weighted by Crippen LogP contribution is 2.22. The molecule has 3 rings (SSSR count). The normalized spacial score (nSPS) is 10.7. The highest BCUT2D eigenvalue weighted by Gasteiger charge is 2.13. The number of nitrogens with zero attached hydrogens (tertiary/aromatic N) is 1. The number of aryl methyl sites for hydroxylation is 1. The number of fused-ring (bicyclic) bond motifs is 1. The minimum Gasteiger partial charge on any atom is -0.438 e. The Morgan fingerprint density at radius 3 is 3.00 bits per heavy atom. The first kappa shape index (κ1) is 10.6. The summed E-state index contributed by atoms with van der Waals surface area (Å²) in [6.07, 6.45) is 3.27. The van der Waals surface area contributed by atoms with Gasteiger partial charge in [-0.05, 0) is 13.0 Å². The van der Waals surface area contributed by atoms with Gasteiger partial charge in [-0.3, -0.25) is 4.79 Å². The lowest BCUT2D eigenvalue weighted by atomic mass is 10.2. The van der Waals surface area contributed by atoms with Gasteiger partial charge >= 0.3 is 5.91 Å². The maximum Gasteiger partial charge on any atom is 0.311 e. The molecule has 90 valence electrons. The topological polar surface area (TPSA) is 70.9 Å². The van der Waals surface area contributed by atoms with Crippen LogP contribution in [0, 0.1) is 6.92 Å². The second-order valence-electron chi connectivity index (χ2n) is 3.98. The Bertz CT molecular complexity index is 712. The van der Waals surface area contributed by atoms with Gasteiger partial charge in [0.1, 0.15) is 5.76 Å². The van der Waals surface area contributed by atoms with Crippen molar-refractivity contribution in [1.82, 2.24) is 9.97 Å². The average molecular weight is 241 g/mol. The number of rotatable bonds is 2. The Kier molecular flexibility index (Phi) is 2.37. The average Bonchev–Trinajstić information content (AvgIpc) is 2.97. The zero-order valence-corrected chi connectivity index (χ0v) is 9.73. The lowest BCUT2D eigenvalue weighted by Crippen LogP contribution is -2.11. The van der Waals surface area contributed by atoms with E-state index in [1.807, 2.05) is 24.3 Å². The molecule has 2 aromatic heterocycles. The number of benzene rings is 1. The summed E-state index contributed by atoms with van der Waals surface area (Å²) in [4.78, 5) is 18.9. The number of H-pyrrole nitrogens is 1. The number of anilines is 1. The summed E-state index contributed by atoms with van der Waals surface area (Å²) in [6, 6.07) is 7.73. The standard InChI is InChI=1S/C13H11N3O2/c1-8-6-15-13(18-8)12(17)16-11-7-14-10-5-3-2-4-9(10)11/h2-7,14H,1H3,(H,16,17). The van der Waals surface area contributed by atoms with Crippen LogP contribution < -0.4 is 5.32 Å². The van der Waals surface area contributed by atoms with Crippen molar-refractivity contribution < 1.29 is 9.21 Å². The summed E-state index contributed by atoms with van der Waals surface area (Å²) >= 11 is 0. The third kappa shape index (κ3) is 1.75. The molecule has 5 nitrogen and oxygen atoms in total. The molecule has 2 N–H and O–H groups in total. The predicted octanol–water partition coefficient (Wildman–Crippen LogP) is 2.72. The van der Waals surface area contributed by atoms with Crippen molar-refractivity contribution in [2.45, 2.75) is 6.92 Å². The van der Waals surface area contributed by atoms with E-state index < -0.39 is 0 Å². The van der Waals surface area contributed by atoms with E-state index in [0.29, 0.717) is 11.4 Å². The van der Waals surface area contributed by atoms with Crippen molar-refractivity contribution in [2.75, 3.05) is 5.32 Å². The molecular weight excluding hydrogens is 230 g/mol. The van der Waals surface area contributed by atoms with E-state index in [1.54, 1.807) is 13.1 Å². The molecule has 0 unspecified atom stereocenters. The second kappa shape index (κ2) is 4.03. The number of carbonyl (C=O) groups excluding carboxylic acids is 1. The van der Waals surface area contributed by atoms with Crippen molar-refractivity contribution >= 4 is 22.5 Å². The minimum absolute atomic E-state index is 0.0674. The van der Waals surface area contributed by atoms with E-state index in [1.165, 1.54) is 6.20 Å². The molecule has 5 heteroatoms. The predicted molar refractivity (Wildman–Crippen MR) is 67.5 cm³/mol. The summed E-state index contributed by atoms with van der Waals surface area (Å²) < 4.78 is 5.17. The smallest absolute Gasteiger partial charge is 0.311 e. The first-order valence-corrected chi connectivity index (χ1v) is 5.54. The van der Waals surface area contributed by atoms with Gasteiger partial charge in [0.25, 0.3) is 5.89 Å². The molecule has 0 radical (unpaired) electrons. The van der Waals surface area contributed by atoms with Gasteiger partial charge in [0.2, 0.25) is 0 Å². The number of nitrogens with one attached hydrogen (secondary N) is 2. The molecule has 18 heavy (non-hydrogen) atoms. The first-order chi connectivity index (χ1) is 8.74. The van der Waals surface area contributed by atoms with Crippen LogP contribution in [0.15, 0.2) is 41.1 Å². The van der Waals surface area contributed by atoms with Crippen molar-refractivity contribution in [2.24, 2.45) is 0 Å². The number of hydrogen-bond donors (Lipinski definition) is 2. The third-order valence-electron chi connectivity index (χ3n) is 2.65. The Labute approximate surface area is 103 Å². The highest BCUT2D eigenvalue weighted by molar-refractivity contribution is 6.06. The largest absolute Gasteiger partial charge is 0.438 e. The van der Waals surface area contributed by atoms with Gasteiger partial charge in [-0.15, -0.1) is 0 Å². The van der Waals surface area contributed by atoms with Crippen LogP contribution in [0.1, 0.15) is 16.4 Å². The first-order valence-electron chi connectivity index (χ1n) is 5.54. The zero-order valence-electron chi connectivity index (χ0n) is 9.73. The summed E-state index contributed by atoms with van der Waals surface area (Å²) in [7, 11) is 0. The van der Waals surface area contributed by atoms with Crippen LogP contribution >= 0.6 is 0 Å². The molecule has 0 aliphatic carbocycles. The van der Waals surface area contributed by atoms with Crippen molar-refractivity contribution in [3.63, 3.8) is 0 Å². The molecule has 0 saturated heterocycles. The number of aromatic nitrogens is 2. The molecule has 0 spiro atoms. The summed E-state index contributed by atoms with van der Waals surface area (Å²) in [6.45, 7) is 1.75. The van der Waals surface area contributed by atoms with Gasteiger partial charge in [0.05, 0.1) is 11.9 Å². The molecule has 0 saturated carbocycles. The van der Waals surface area contributed by atoms with Crippen LogP contribution in [0.3, 0.4) is 0 Å². The molecule has 1 amide bonds. The lowest BCUT2D eigenvalue weighted by molar-refractivity contribution is 0.0989. The van der Waals surface area contributed by atoms with E-state index in [2.05, 4.69) is 15.3 Å². The van der Waals surface area contributed by atoms with Gasteiger partial charge in [-0.1, -0.05) is 18.2 Å². The number of amides is 1. The van der Waals surface area contributed by atoms with Gasteiger partial charge in [0, 0.05) is 17.1 Å².